The average molecular weight is 402 g/mol. The van der Waals surface area contributed by atoms with Crippen LogP contribution in [0.5, 0.6) is 0 Å². The minimum Gasteiger partial charge on any atom is -0.326 e. The number of carbonyl (C=O) groups excluding carboxylic acids is 2. The molecule has 0 fully saturated rings. The zero-order valence-corrected chi connectivity index (χ0v) is 15.9. The van der Waals surface area contributed by atoms with Gasteiger partial charge >= 0.3 is 0 Å². The summed E-state index contributed by atoms with van der Waals surface area (Å²) in [5.41, 5.74) is 0.491. The Bertz CT molecular complexity index is 1050. The lowest BCUT2D eigenvalue weighted by atomic mass is 10.1. The van der Waals surface area contributed by atoms with Gasteiger partial charge < -0.3 is 9.88 Å². The van der Waals surface area contributed by atoms with E-state index in [0.29, 0.717) is 16.5 Å². The van der Waals surface area contributed by atoms with Crippen LogP contribution in [0.3, 0.4) is 0 Å². The summed E-state index contributed by atoms with van der Waals surface area (Å²) in [6, 6.07) is 10.1. The summed E-state index contributed by atoms with van der Waals surface area (Å²) in [5, 5.41) is 10.8. The number of Topliss-reactive ketones (excluding diaryl/α,β-unsaturated/α-hetero) is 1. The van der Waals surface area contributed by atoms with Crippen LogP contribution in [0.1, 0.15) is 17.3 Å². The Labute approximate surface area is 164 Å². The number of aromatic nitrogens is 3. The van der Waals surface area contributed by atoms with E-state index in [0.717, 1.165) is 17.8 Å². The van der Waals surface area contributed by atoms with E-state index < -0.39 is 17.4 Å². The van der Waals surface area contributed by atoms with Crippen molar-refractivity contribution in [3.63, 3.8) is 0 Å². The van der Waals surface area contributed by atoms with Gasteiger partial charge in [-0.3, -0.25) is 9.59 Å². The van der Waals surface area contributed by atoms with E-state index in [1.54, 1.807) is 29.8 Å². The van der Waals surface area contributed by atoms with Gasteiger partial charge in [0.1, 0.15) is 11.6 Å². The third-order valence-electron chi connectivity index (χ3n) is 3.87. The number of ketones is 1. The third kappa shape index (κ3) is 4.25. The lowest BCUT2D eigenvalue weighted by Crippen LogP contribution is -2.09. The van der Waals surface area contributed by atoms with E-state index in [4.69, 9.17) is 0 Å². The average Bonchev–Trinajstić information content (AvgIpc) is 3.00. The Hall–Kier alpha value is -3.07. The second-order valence-electron chi connectivity index (χ2n) is 5.93. The van der Waals surface area contributed by atoms with Crippen molar-refractivity contribution in [2.75, 3.05) is 11.1 Å². The zero-order chi connectivity index (χ0) is 20.3. The van der Waals surface area contributed by atoms with Crippen LogP contribution in [0.2, 0.25) is 0 Å². The number of rotatable bonds is 6. The molecule has 0 aliphatic heterocycles. The van der Waals surface area contributed by atoms with Crippen LogP contribution in [0, 0.1) is 11.6 Å². The molecule has 28 heavy (non-hydrogen) atoms. The molecule has 1 N–H and O–H groups in total. The Morgan fingerprint density at radius 3 is 2.54 bits per heavy atom. The Kier molecular flexibility index (Phi) is 5.84. The van der Waals surface area contributed by atoms with Gasteiger partial charge in [-0.2, -0.15) is 0 Å². The number of hydrogen-bond acceptors (Lipinski definition) is 5. The number of hydrogen-bond donors (Lipinski definition) is 1. The van der Waals surface area contributed by atoms with Gasteiger partial charge in [0, 0.05) is 19.7 Å². The molecule has 3 rings (SSSR count). The Morgan fingerprint density at radius 2 is 1.86 bits per heavy atom. The molecule has 1 amide bonds. The van der Waals surface area contributed by atoms with Crippen molar-refractivity contribution in [2.24, 2.45) is 7.05 Å². The minimum atomic E-state index is -0.720. The van der Waals surface area contributed by atoms with Crippen LogP contribution in [0.4, 0.5) is 14.5 Å². The molecule has 1 aromatic heterocycles. The lowest BCUT2D eigenvalue weighted by Gasteiger charge is -2.07. The first-order valence-corrected chi connectivity index (χ1v) is 9.23. The quantitative estimate of drug-likeness (QED) is 0.503. The summed E-state index contributed by atoms with van der Waals surface area (Å²) in [7, 11) is 1.66. The third-order valence-corrected chi connectivity index (χ3v) is 4.89. The van der Waals surface area contributed by atoms with Crippen molar-refractivity contribution in [2.45, 2.75) is 12.1 Å². The Morgan fingerprint density at radius 1 is 1.11 bits per heavy atom. The monoisotopic (exact) mass is 402 g/mol. The molecule has 0 bridgehead atoms. The highest BCUT2D eigenvalue weighted by Crippen LogP contribution is 2.25. The highest BCUT2D eigenvalue weighted by molar-refractivity contribution is 7.99. The zero-order valence-electron chi connectivity index (χ0n) is 15.1. The van der Waals surface area contributed by atoms with Gasteiger partial charge in [0.05, 0.1) is 16.9 Å². The van der Waals surface area contributed by atoms with Crippen molar-refractivity contribution < 1.29 is 18.4 Å². The summed E-state index contributed by atoms with van der Waals surface area (Å²) in [5.74, 6) is -1.65. The molecule has 144 valence electrons. The first kappa shape index (κ1) is 19.7. The number of nitrogens with one attached hydrogen (secondary N) is 1. The predicted octanol–water partition coefficient (Wildman–Crippen LogP) is 3.69. The molecule has 0 unspecified atom stereocenters. The first-order chi connectivity index (χ1) is 13.4. The molecule has 9 heteroatoms. The largest absolute Gasteiger partial charge is 0.326 e. The van der Waals surface area contributed by atoms with Gasteiger partial charge in [0.15, 0.2) is 16.8 Å². The van der Waals surface area contributed by atoms with Crippen LogP contribution < -0.4 is 5.32 Å². The molecule has 0 aliphatic rings. The van der Waals surface area contributed by atoms with Gasteiger partial charge in [-0.25, -0.2) is 8.78 Å². The van der Waals surface area contributed by atoms with E-state index in [2.05, 4.69) is 15.5 Å². The maximum absolute atomic E-state index is 14.2. The fourth-order valence-electron chi connectivity index (χ4n) is 2.55. The molecule has 0 spiro atoms. The molecular weight excluding hydrogens is 386 g/mol. The fourth-order valence-corrected chi connectivity index (χ4v) is 3.34. The normalized spacial score (nSPS) is 10.7. The number of amides is 1. The standard InChI is InChI=1S/C19H16F2N4O2S/c1-11(26)22-12-7-8-13(16(21)9-12)17(27)10-28-19-24-23-18(25(19)2)14-5-3-4-6-15(14)20/h3-9H,10H2,1-2H3,(H,22,26). The van der Waals surface area contributed by atoms with Gasteiger partial charge in [0.25, 0.3) is 0 Å². The fraction of sp³-hybridized carbons (Fsp3) is 0.158. The highest BCUT2D eigenvalue weighted by atomic mass is 32.2. The molecule has 0 aliphatic carbocycles. The van der Waals surface area contributed by atoms with Crippen LogP contribution >= 0.6 is 11.8 Å². The van der Waals surface area contributed by atoms with E-state index in [9.17, 15) is 18.4 Å². The van der Waals surface area contributed by atoms with Crippen LogP contribution in [-0.2, 0) is 11.8 Å². The molecular formula is C19H16F2N4O2S. The summed E-state index contributed by atoms with van der Waals surface area (Å²) in [6.07, 6.45) is 0. The summed E-state index contributed by atoms with van der Waals surface area (Å²) in [6.45, 7) is 1.31. The van der Waals surface area contributed by atoms with E-state index >= 15 is 0 Å². The van der Waals surface area contributed by atoms with Crippen molar-refractivity contribution in [3.05, 3.63) is 59.7 Å². The van der Waals surface area contributed by atoms with E-state index in [-0.39, 0.29) is 22.9 Å². The van der Waals surface area contributed by atoms with Crippen molar-refractivity contribution >= 4 is 29.1 Å². The van der Waals surface area contributed by atoms with Crippen molar-refractivity contribution in [3.8, 4) is 11.4 Å². The summed E-state index contributed by atoms with van der Waals surface area (Å²) >= 11 is 1.08. The lowest BCUT2D eigenvalue weighted by molar-refractivity contribution is -0.114. The van der Waals surface area contributed by atoms with E-state index in [1.807, 2.05) is 0 Å². The van der Waals surface area contributed by atoms with Crippen molar-refractivity contribution in [1.29, 1.82) is 0 Å². The number of carbonyl (C=O) groups is 2. The number of halogens is 2. The molecule has 3 aromatic rings. The second kappa shape index (κ2) is 8.30. The highest BCUT2D eigenvalue weighted by Gasteiger charge is 2.17. The van der Waals surface area contributed by atoms with Gasteiger partial charge in [-0.15, -0.1) is 10.2 Å². The van der Waals surface area contributed by atoms with Crippen molar-refractivity contribution in [1.82, 2.24) is 14.8 Å². The minimum absolute atomic E-state index is 0.0698. The Balaban J connectivity index is 1.72. The second-order valence-corrected chi connectivity index (χ2v) is 6.88. The van der Waals surface area contributed by atoms with E-state index in [1.165, 1.54) is 25.1 Å². The molecule has 0 atom stereocenters. The SMILES string of the molecule is CC(=O)Nc1ccc(C(=O)CSc2nnc(-c3ccccc3F)n2C)c(F)c1. The van der Waals surface area contributed by atoms with Gasteiger partial charge in [-0.1, -0.05) is 23.9 Å². The summed E-state index contributed by atoms with van der Waals surface area (Å²) < 4.78 is 29.7. The molecule has 1 heterocycles. The van der Waals surface area contributed by atoms with Crippen LogP contribution in [-0.4, -0.2) is 32.2 Å². The molecule has 0 radical (unpaired) electrons. The number of nitrogens with zero attached hydrogens (tertiary/aromatic N) is 3. The summed E-state index contributed by atoms with van der Waals surface area (Å²) in [4.78, 5) is 23.4. The first-order valence-electron chi connectivity index (χ1n) is 8.24. The number of thioether (sulfide) groups is 1. The smallest absolute Gasteiger partial charge is 0.221 e. The predicted molar refractivity (Wildman–Crippen MR) is 102 cm³/mol. The van der Waals surface area contributed by atoms with Crippen LogP contribution in [0.15, 0.2) is 47.6 Å². The molecule has 0 saturated heterocycles. The molecule has 6 nitrogen and oxygen atoms in total. The van der Waals surface area contributed by atoms with Gasteiger partial charge in [0.2, 0.25) is 5.91 Å². The molecule has 2 aromatic carbocycles. The van der Waals surface area contributed by atoms with Crippen LogP contribution in [0.25, 0.3) is 11.4 Å². The number of benzene rings is 2. The number of anilines is 1. The maximum atomic E-state index is 14.2. The maximum Gasteiger partial charge on any atom is 0.221 e. The topological polar surface area (TPSA) is 76.9 Å². The van der Waals surface area contributed by atoms with Gasteiger partial charge in [-0.05, 0) is 30.3 Å². The molecule has 0 saturated carbocycles.